The van der Waals surface area contributed by atoms with Crippen molar-refractivity contribution in [2.45, 2.75) is 70.4 Å². The van der Waals surface area contributed by atoms with Crippen LogP contribution in [0.25, 0.3) is 0 Å². The van der Waals surface area contributed by atoms with Gasteiger partial charge in [0.15, 0.2) is 0 Å². The summed E-state index contributed by atoms with van der Waals surface area (Å²) in [5.41, 5.74) is 0.676. The van der Waals surface area contributed by atoms with Gasteiger partial charge in [0.05, 0.1) is 18.8 Å². The Kier molecular flexibility index (Phi) is 5.84. The lowest BCUT2D eigenvalue weighted by atomic mass is 9.95. The fourth-order valence-corrected chi connectivity index (χ4v) is 4.03. The normalized spacial score (nSPS) is 25.2. The molecule has 1 aromatic rings. The third kappa shape index (κ3) is 4.29. The third-order valence-corrected chi connectivity index (χ3v) is 5.40. The Hall–Kier alpha value is -0.940. The predicted molar refractivity (Wildman–Crippen MR) is 86.5 cm³/mol. The van der Waals surface area contributed by atoms with Gasteiger partial charge >= 0.3 is 0 Å². The minimum absolute atomic E-state index is 0.0158. The Morgan fingerprint density at radius 2 is 1.91 bits per heavy atom. The van der Waals surface area contributed by atoms with Crippen LogP contribution in [0.4, 0.5) is 0 Å². The summed E-state index contributed by atoms with van der Waals surface area (Å²) in [4.78, 5) is 2.61. The Bertz CT molecular complexity index is 440. The molecule has 5 nitrogen and oxygen atoms in total. The molecular weight excluding hydrogens is 276 g/mol. The van der Waals surface area contributed by atoms with E-state index in [-0.39, 0.29) is 6.61 Å². The number of aromatic nitrogens is 3. The number of likely N-dealkylation sites (tertiary alicyclic amines) is 1. The first-order valence-electron chi connectivity index (χ1n) is 9.09. The van der Waals surface area contributed by atoms with Crippen molar-refractivity contribution in [1.82, 2.24) is 19.9 Å². The molecule has 1 aromatic heterocycles. The van der Waals surface area contributed by atoms with Crippen molar-refractivity contribution in [2.75, 3.05) is 19.6 Å². The average molecular weight is 306 g/mol. The van der Waals surface area contributed by atoms with Crippen molar-refractivity contribution in [2.24, 2.45) is 5.92 Å². The number of rotatable bonds is 5. The monoisotopic (exact) mass is 306 g/mol. The van der Waals surface area contributed by atoms with Crippen LogP contribution in [-0.2, 0) is 6.61 Å². The van der Waals surface area contributed by atoms with Gasteiger partial charge in [-0.25, -0.2) is 4.68 Å². The number of aliphatic hydroxyl groups is 1. The van der Waals surface area contributed by atoms with E-state index >= 15 is 0 Å². The molecule has 1 aliphatic carbocycles. The zero-order valence-electron chi connectivity index (χ0n) is 13.7. The highest BCUT2D eigenvalue weighted by molar-refractivity contribution is 4.92. The Balaban J connectivity index is 1.47. The first-order chi connectivity index (χ1) is 10.8. The standard InChI is InChI=1S/C17H30N4O/c22-14-16-12-21(19-18-16)17-8-5-10-20(13-17)11-9-15-6-3-1-2-4-7-15/h12,15,17,22H,1-11,13-14H2/t17-/m0/s1. The molecule has 124 valence electrons. The summed E-state index contributed by atoms with van der Waals surface area (Å²) in [7, 11) is 0. The second-order valence-corrected chi connectivity index (χ2v) is 7.09. The highest BCUT2D eigenvalue weighted by atomic mass is 16.3. The highest BCUT2D eigenvalue weighted by Crippen LogP contribution is 2.27. The van der Waals surface area contributed by atoms with Gasteiger partial charge < -0.3 is 10.0 Å². The van der Waals surface area contributed by atoms with Crippen molar-refractivity contribution in [3.8, 4) is 0 Å². The van der Waals surface area contributed by atoms with Crippen molar-refractivity contribution in [3.05, 3.63) is 11.9 Å². The molecule has 1 saturated carbocycles. The van der Waals surface area contributed by atoms with E-state index in [1.807, 2.05) is 10.9 Å². The molecule has 2 aliphatic rings. The molecule has 2 fully saturated rings. The molecule has 22 heavy (non-hydrogen) atoms. The SMILES string of the molecule is OCc1cn([C@H]2CCCN(CCC3CCCCCC3)C2)nn1. The van der Waals surface area contributed by atoms with Gasteiger partial charge in [0.25, 0.3) is 0 Å². The number of hydrogen-bond donors (Lipinski definition) is 1. The smallest absolute Gasteiger partial charge is 0.108 e. The third-order valence-electron chi connectivity index (χ3n) is 5.40. The van der Waals surface area contributed by atoms with Crippen molar-refractivity contribution in [3.63, 3.8) is 0 Å². The summed E-state index contributed by atoms with van der Waals surface area (Å²) < 4.78 is 1.96. The zero-order chi connectivity index (χ0) is 15.2. The molecule has 3 rings (SSSR count). The molecule has 0 unspecified atom stereocenters. The maximum absolute atomic E-state index is 9.13. The van der Waals surface area contributed by atoms with Crippen LogP contribution >= 0.6 is 0 Å². The van der Waals surface area contributed by atoms with E-state index in [1.165, 1.54) is 70.9 Å². The van der Waals surface area contributed by atoms with Gasteiger partial charge in [-0.15, -0.1) is 5.10 Å². The molecule has 0 aromatic carbocycles. The first kappa shape index (κ1) is 15.9. The molecule has 5 heteroatoms. The van der Waals surface area contributed by atoms with Gasteiger partial charge in [-0.3, -0.25) is 0 Å². The maximum atomic E-state index is 9.13. The number of nitrogens with zero attached hydrogens (tertiary/aromatic N) is 4. The quantitative estimate of drug-likeness (QED) is 0.850. The van der Waals surface area contributed by atoms with Gasteiger partial charge in [-0.1, -0.05) is 43.7 Å². The molecule has 0 bridgehead atoms. The van der Waals surface area contributed by atoms with Crippen molar-refractivity contribution in [1.29, 1.82) is 0 Å². The van der Waals surface area contributed by atoms with E-state index in [9.17, 15) is 0 Å². The Labute approximate surface area is 133 Å². The topological polar surface area (TPSA) is 54.2 Å². The summed E-state index contributed by atoms with van der Waals surface area (Å²) in [6.45, 7) is 3.53. The Morgan fingerprint density at radius 3 is 2.64 bits per heavy atom. The van der Waals surface area contributed by atoms with E-state index in [0.717, 1.165) is 12.5 Å². The van der Waals surface area contributed by atoms with Crippen LogP contribution in [0.2, 0.25) is 0 Å². The maximum Gasteiger partial charge on any atom is 0.108 e. The van der Waals surface area contributed by atoms with Crippen LogP contribution < -0.4 is 0 Å². The van der Waals surface area contributed by atoms with Gasteiger partial charge in [0, 0.05) is 6.54 Å². The van der Waals surface area contributed by atoms with Gasteiger partial charge in [-0.2, -0.15) is 0 Å². The van der Waals surface area contributed by atoms with Crippen LogP contribution in [0.15, 0.2) is 6.20 Å². The van der Waals surface area contributed by atoms with E-state index in [0.29, 0.717) is 11.7 Å². The molecule has 1 atom stereocenters. The van der Waals surface area contributed by atoms with Gasteiger partial charge in [-0.05, 0) is 38.3 Å². The molecule has 0 spiro atoms. The molecule has 0 radical (unpaired) electrons. The molecule has 1 aliphatic heterocycles. The fraction of sp³-hybridized carbons (Fsp3) is 0.882. The van der Waals surface area contributed by atoms with E-state index < -0.39 is 0 Å². The largest absolute Gasteiger partial charge is 0.390 e. The number of hydrogen-bond acceptors (Lipinski definition) is 4. The predicted octanol–water partition coefficient (Wildman–Crippen LogP) is 2.77. The summed E-state index contributed by atoms with van der Waals surface area (Å²) in [6.07, 6.45) is 14.3. The Morgan fingerprint density at radius 1 is 1.09 bits per heavy atom. The lowest BCUT2D eigenvalue weighted by molar-refractivity contribution is 0.157. The highest BCUT2D eigenvalue weighted by Gasteiger charge is 2.23. The molecule has 1 saturated heterocycles. The second kappa shape index (κ2) is 8.06. The van der Waals surface area contributed by atoms with E-state index in [1.54, 1.807) is 0 Å². The summed E-state index contributed by atoms with van der Waals surface area (Å²) in [5.74, 6) is 0.954. The molecule has 0 amide bonds. The average Bonchev–Trinajstić information content (AvgIpc) is 2.89. The molecule has 2 heterocycles. The van der Waals surface area contributed by atoms with Crippen molar-refractivity contribution < 1.29 is 5.11 Å². The van der Waals surface area contributed by atoms with E-state index in [4.69, 9.17) is 5.11 Å². The number of piperidine rings is 1. The summed E-state index contributed by atoms with van der Waals surface area (Å²) in [6, 6.07) is 0.427. The minimum Gasteiger partial charge on any atom is -0.390 e. The second-order valence-electron chi connectivity index (χ2n) is 7.09. The molecular formula is C17H30N4O. The lowest BCUT2D eigenvalue weighted by Crippen LogP contribution is -2.38. The van der Waals surface area contributed by atoms with Gasteiger partial charge in [0.1, 0.15) is 5.69 Å². The van der Waals surface area contributed by atoms with Crippen LogP contribution in [0.1, 0.15) is 69.5 Å². The first-order valence-corrected chi connectivity index (χ1v) is 9.09. The van der Waals surface area contributed by atoms with Crippen LogP contribution in [0.3, 0.4) is 0 Å². The van der Waals surface area contributed by atoms with Crippen LogP contribution in [0, 0.1) is 5.92 Å². The van der Waals surface area contributed by atoms with Gasteiger partial charge in [0.2, 0.25) is 0 Å². The van der Waals surface area contributed by atoms with Crippen LogP contribution in [-0.4, -0.2) is 44.6 Å². The van der Waals surface area contributed by atoms with E-state index in [2.05, 4.69) is 15.2 Å². The van der Waals surface area contributed by atoms with Crippen LogP contribution in [0.5, 0.6) is 0 Å². The fourth-order valence-electron chi connectivity index (χ4n) is 4.03. The minimum atomic E-state index is -0.0158. The van der Waals surface area contributed by atoms with Crippen molar-refractivity contribution >= 4 is 0 Å². The number of aliphatic hydroxyl groups excluding tert-OH is 1. The lowest BCUT2D eigenvalue weighted by Gasteiger charge is -2.33. The molecule has 1 N–H and O–H groups in total. The zero-order valence-corrected chi connectivity index (χ0v) is 13.7. The summed E-state index contributed by atoms with van der Waals surface area (Å²) in [5, 5.41) is 17.3. The summed E-state index contributed by atoms with van der Waals surface area (Å²) >= 11 is 0.